The second-order valence-electron chi connectivity index (χ2n) is 8.78. The Morgan fingerprint density at radius 3 is 2.36 bits per heavy atom. The lowest BCUT2D eigenvalue weighted by Crippen LogP contribution is -2.53. The van der Waals surface area contributed by atoms with Crippen LogP contribution in [0.25, 0.3) is 0 Å². The van der Waals surface area contributed by atoms with Crippen molar-refractivity contribution in [3.05, 3.63) is 58.6 Å². The summed E-state index contributed by atoms with van der Waals surface area (Å²) < 4.78 is 0. The Balaban J connectivity index is 0.00000306. The van der Waals surface area contributed by atoms with Crippen LogP contribution in [0.3, 0.4) is 0 Å². The van der Waals surface area contributed by atoms with Crippen molar-refractivity contribution in [3.63, 3.8) is 0 Å². The Morgan fingerprint density at radius 2 is 1.79 bits per heavy atom. The van der Waals surface area contributed by atoms with Gasteiger partial charge in [0.15, 0.2) is 11.0 Å². The maximum Gasteiger partial charge on any atom is 0.313 e. The van der Waals surface area contributed by atoms with Crippen LogP contribution < -0.4 is 4.90 Å². The smallest absolute Gasteiger partial charge is 0.313 e. The molecule has 1 fully saturated rings. The average molecular weight is 551 g/mol. The van der Waals surface area contributed by atoms with E-state index in [0.29, 0.717) is 16.1 Å². The lowest BCUT2D eigenvalue weighted by Gasteiger charge is -2.44. The van der Waals surface area contributed by atoms with Gasteiger partial charge in [0.25, 0.3) is 0 Å². The van der Waals surface area contributed by atoms with Gasteiger partial charge in [-0.15, -0.1) is 17.0 Å². The number of hydrogen-bond donors (Lipinski definition) is 1. The van der Waals surface area contributed by atoms with Gasteiger partial charge in [-0.2, -0.15) is 0 Å². The van der Waals surface area contributed by atoms with Crippen LogP contribution in [0.4, 0.5) is 11.4 Å². The van der Waals surface area contributed by atoms with E-state index in [2.05, 4.69) is 37.8 Å². The number of hydrogen-bond acceptors (Lipinski definition) is 4. The lowest BCUT2D eigenvalue weighted by atomic mass is 9.75. The van der Waals surface area contributed by atoms with Gasteiger partial charge >= 0.3 is 5.97 Å². The average Bonchev–Trinajstić information content (AvgIpc) is 3.05. The van der Waals surface area contributed by atoms with Crippen molar-refractivity contribution in [2.24, 2.45) is 15.9 Å². The summed E-state index contributed by atoms with van der Waals surface area (Å²) >= 11 is 7.42. The van der Waals surface area contributed by atoms with Crippen molar-refractivity contribution in [3.8, 4) is 0 Å². The number of benzene rings is 2. The molecular formula is C25H29BrClN3O2S. The fourth-order valence-corrected chi connectivity index (χ4v) is 5.54. The minimum atomic E-state index is -0.861. The highest BCUT2D eigenvalue weighted by Gasteiger charge is 2.50. The van der Waals surface area contributed by atoms with Crippen molar-refractivity contribution in [2.45, 2.75) is 52.0 Å². The number of halogens is 2. The molecule has 0 saturated heterocycles. The SMILES string of the molecule is Br.Cc1cccc(C)c1N=C1N=C(SCC(=O)O)N(c2ccc(Cl)cc2)C12CCC(C)CC2. The summed E-state index contributed by atoms with van der Waals surface area (Å²) in [5.74, 6) is 0.515. The first-order valence-electron chi connectivity index (χ1n) is 10.9. The number of aliphatic carboxylic acids is 1. The normalized spacial score (nSPS) is 23.5. The standard InChI is InChI=1S/C25H28ClN3O2S.BrH/c1-16-11-13-25(14-12-16)23(27-22-17(2)5-4-6-18(22)3)28-24(32-15-21(30)31)29(25)20-9-7-19(26)8-10-20;/h4-10,16H,11-15H2,1-3H3,(H,30,31);1H. The molecule has 176 valence electrons. The van der Waals surface area contributed by atoms with E-state index in [0.717, 1.165) is 54.0 Å². The van der Waals surface area contributed by atoms with Gasteiger partial charge in [-0.3, -0.25) is 4.79 Å². The van der Waals surface area contributed by atoms with Crippen molar-refractivity contribution in [2.75, 3.05) is 10.7 Å². The summed E-state index contributed by atoms with van der Waals surface area (Å²) in [6.45, 7) is 6.42. The number of anilines is 1. The van der Waals surface area contributed by atoms with E-state index in [1.165, 1.54) is 11.8 Å². The van der Waals surface area contributed by atoms with Gasteiger partial charge in [0, 0.05) is 10.7 Å². The molecule has 0 amide bonds. The minimum Gasteiger partial charge on any atom is -0.481 e. The minimum absolute atomic E-state index is 0. The van der Waals surface area contributed by atoms with Gasteiger partial charge in [-0.05, 0) is 80.8 Å². The van der Waals surface area contributed by atoms with E-state index in [9.17, 15) is 9.90 Å². The molecule has 1 heterocycles. The van der Waals surface area contributed by atoms with Crippen LogP contribution in [0.2, 0.25) is 5.02 Å². The number of thioether (sulfide) groups is 1. The van der Waals surface area contributed by atoms with Crippen LogP contribution in [0.15, 0.2) is 52.4 Å². The molecule has 1 saturated carbocycles. The number of amidine groups is 2. The van der Waals surface area contributed by atoms with Crippen molar-refractivity contribution >= 4 is 68.7 Å². The fraction of sp³-hybridized carbons (Fsp3) is 0.400. The molecular weight excluding hydrogens is 522 g/mol. The third-order valence-corrected chi connectivity index (χ3v) is 7.58. The topological polar surface area (TPSA) is 65.3 Å². The molecule has 1 N–H and O–H groups in total. The molecule has 2 aliphatic rings. The van der Waals surface area contributed by atoms with Gasteiger partial charge in [0.1, 0.15) is 5.54 Å². The molecule has 0 atom stereocenters. The summed E-state index contributed by atoms with van der Waals surface area (Å²) in [4.78, 5) is 23.7. The first kappa shape index (κ1) is 25.8. The zero-order valence-electron chi connectivity index (χ0n) is 19.0. The molecule has 8 heteroatoms. The lowest BCUT2D eigenvalue weighted by molar-refractivity contribution is -0.133. The van der Waals surface area contributed by atoms with Crippen LogP contribution in [0.1, 0.15) is 43.7 Å². The Kier molecular flexibility index (Phi) is 8.30. The molecule has 1 spiro atoms. The number of nitrogens with zero attached hydrogens (tertiary/aromatic N) is 3. The first-order chi connectivity index (χ1) is 15.3. The Labute approximate surface area is 215 Å². The third-order valence-electron chi connectivity index (χ3n) is 6.41. The summed E-state index contributed by atoms with van der Waals surface area (Å²) in [6, 6.07) is 13.9. The van der Waals surface area contributed by atoms with Gasteiger partial charge in [-0.1, -0.05) is 48.5 Å². The van der Waals surface area contributed by atoms with Gasteiger partial charge in [0.2, 0.25) is 0 Å². The highest BCUT2D eigenvalue weighted by atomic mass is 79.9. The van der Waals surface area contributed by atoms with Gasteiger partial charge in [0.05, 0.1) is 11.4 Å². The molecule has 1 aliphatic heterocycles. The summed E-state index contributed by atoms with van der Waals surface area (Å²) in [5.41, 5.74) is 3.74. The maximum absolute atomic E-state index is 11.4. The summed E-state index contributed by atoms with van der Waals surface area (Å²) in [7, 11) is 0. The largest absolute Gasteiger partial charge is 0.481 e. The molecule has 0 aromatic heterocycles. The number of para-hydroxylation sites is 1. The molecule has 4 rings (SSSR count). The van der Waals surface area contributed by atoms with E-state index in [4.69, 9.17) is 21.6 Å². The summed E-state index contributed by atoms with van der Waals surface area (Å²) in [5, 5.41) is 10.7. The Bertz CT molecular complexity index is 1060. The number of aliphatic imine (C=N–C) groups is 2. The second-order valence-corrected chi connectivity index (χ2v) is 10.2. The maximum atomic E-state index is 11.4. The number of aryl methyl sites for hydroxylation is 2. The molecule has 2 aromatic carbocycles. The van der Waals surface area contributed by atoms with Gasteiger partial charge < -0.3 is 10.0 Å². The molecule has 33 heavy (non-hydrogen) atoms. The van der Waals surface area contributed by atoms with Crippen LogP contribution in [0.5, 0.6) is 0 Å². The Hall–Kier alpha value is -1.83. The molecule has 0 bridgehead atoms. The number of carboxylic acid groups (broad SMARTS) is 1. The zero-order chi connectivity index (χ0) is 22.9. The van der Waals surface area contributed by atoms with Crippen LogP contribution in [-0.4, -0.2) is 33.4 Å². The van der Waals surface area contributed by atoms with Crippen LogP contribution in [-0.2, 0) is 4.79 Å². The zero-order valence-corrected chi connectivity index (χ0v) is 22.3. The number of carbonyl (C=O) groups is 1. The number of carboxylic acids is 1. The molecule has 1 aliphatic carbocycles. The quantitative estimate of drug-likeness (QED) is 0.437. The Morgan fingerprint density at radius 1 is 1.18 bits per heavy atom. The highest BCUT2D eigenvalue weighted by molar-refractivity contribution is 8.93. The fourth-order valence-electron chi connectivity index (χ4n) is 4.60. The second kappa shape index (κ2) is 10.6. The van der Waals surface area contributed by atoms with Crippen molar-refractivity contribution in [1.29, 1.82) is 0 Å². The van der Waals surface area contributed by atoms with E-state index < -0.39 is 11.5 Å². The monoisotopic (exact) mass is 549 g/mol. The van der Waals surface area contributed by atoms with Crippen LogP contribution >= 0.6 is 40.3 Å². The highest BCUT2D eigenvalue weighted by Crippen LogP contribution is 2.46. The van der Waals surface area contributed by atoms with Gasteiger partial charge in [-0.25, -0.2) is 9.98 Å². The van der Waals surface area contributed by atoms with E-state index >= 15 is 0 Å². The van der Waals surface area contributed by atoms with Crippen molar-refractivity contribution in [1.82, 2.24) is 0 Å². The first-order valence-corrected chi connectivity index (χ1v) is 12.3. The predicted molar refractivity (Wildman–Crippen MR) is 145 cm³/mol. The molecule has 0 radical (unpaired) electrons. The predicted octanol–water partition coefficient (Wildman–Crippen LogP) is 7.21. The van der Waals surface area contributed by atoms with E-state index in [1.807, 2.05) is 30.3 Å². The molecule has 2 aromatic rings. The van der Waals surface area contributed by atoms with E-state index in [-0.39, 0.29) is 22.7 Å². The third kappa shape index (κ3) is 5.31. The van der Waals surface area contributed by atoms with E-state index in [1.54, 1.807) is 0 Å². The number of rotatable bonds is 4. The van der Waals surface area contributed by atoms with Crippen LogP contribution in [0, 0.1) is 19.8 Å². The molecule has 5 nitrogen and oxygen atoms in total. The van der Waals surface area contributed by atoms with Crippen molar-refractivity contribution < 1.29 is 9.90 Å². The molecule has 0 unspecified atom stereocenters. The summed E-state index contributed by atoms with van der Waals surface area (Å²) in [6.07, 6.45) is 3.98.